The maximum Gasteiger partial charge on any atom is 0.227 e. The van der Waals surface area contributed by atoms with E-state index in [0.717, 1.165) is 29.9 Å². The molecule has 5 heteroatoms. The molecule has 1 aromatic rings. The average Bonchev–Trinajstić information content (AvgIpc) is 2.52. The molecule has 3 N–H and O–H groups in total. The summed E-state index contributed by atoms with van der Waals surface area (Å²) in [7, 11) is 1.87. The number of nitrogens with two attached hydrogens (primary N) is 1. The third-order valence-electron chi connectivity index (χ3n) is 3.05. The van der Waals surface area contributed by atoms with Gasteiger partial charge in [0.1, 0.15) is 0 Å². The molecule has 1 heterocycles. The second kappa shape index (κ2) is 5.82. The molecule has 1 unspecified atom stereocenters. The minimum Gasteiger partial charge on any atom is -0.330 e. The van der Waals surface area contributed by atoms with Gasteiger partial charge in [-0.05, 0) is 33.2 Å². The lowest BCUT2D eigenvalue weighted by Gasteiger charge is -2.11. The smallest absolute Gasteiger partial charge is 0.227 e. The molecule has 96 valence electrons. The Morgan fingerprint density at radius 1 is 1.53 bits per heavy atom. The average molecular weight is 238 g/mol. The number of carbonyl (C=O) groups is 1. The van der Waals surface area contributed by atoms with Crippen LogP contribution in [0.3, 0.4) is 0 Å². The Hall–Kier alpha value is -1.36. The highest BCUT2D eigenvalue weighted by atomic mass is 16.1. The predicted molar refractivity (Wildman–Crippen MR) is 68.8 cm³/mol. The van der Waals surface area contributed by atoms with Crippen molar-refractivity contribution in [2.75, 3.05) is 11.9 Å². The van der Waals surface area contributed by atoms with Crippen LogP contribution in [0.2, 0.25) is 0 Å². The number of nitrogens with one attached hydrogen (secondary N) is 1. The number of hydrogen-bond donors (Lipinski definition) is 2. The zero-order valence-electron chi connectivity index (χ0n) is 11.1. The Labute approximate surface area is 102 Å². The van der Waals surface area contributed by atoms with Crippen LogP contribution in [-0.4, -0.2) is 22.2 Å². The second-order valence-electron chi connectivity index (χ2n) is 4.49. The van der Waals surface area contributed by atoms with Crippen LogP contribution < -0.4 is 11.1 Å². The van der Waals surface area contributed by atoms with E-state index in [1.165, 1.54) is 0 Å². The van der Waals surface area contributed by atoms with E-state index >= 15 is 0 Å². The first-order chi connectivity index (χ1) is 7.97. The molecule has 0 spiro atoms. The molecule has 0 aromatic carbocycles. The van der Waals surface area contributed by atoms with Crippen LogP contribution in [-0.2, 0) is 11.8 Å². The Kier molecular flexibility index (Phi) is 4.69. The molecule has 0 bridgehead atoms. The van der Waals surface area contributed by atoms with E-state index in [0.29, 0.717) is 6.54 Å². The van der Waals surface area contributed by atoms with E-state index in [1.807, 2.05) is 27.8 Å². The summed E-state index contributed by atoms with van der Waals surface area (Å²) in [6.07, 6.45) is 1.69. The van der Waals surface area contributed by atoms with Gasteiger partial charge in [-0.1, -0.05) is 6.92 Å². The molecule has 0 radical (unpaired) electrons. The topological polar surface area (TPSA) is 72.9 Å². The lowest BCUT2D eigenvalue weighted by molar-refractivity contribution is -0.119. The van der Waals surface area contributed by atoms with E-state index < -0.39 is 0 Å². The molecule has 0 aliphatic heterocycles. The van der Waals surface area contributed by atoms with Crippen molar-refractivity contribution < 1.29 is 4.79 Å². The van der Waals surface area contributed by atoms with Gasteiger partial charge in [-0.25, -0.2) is 0 Å². The molecule has 0 aliphatic rings. The quantitative estimate of drug-likeness (QED) is 0.813. The SMILES string of the molecule is Cc1nn(C)c(C)c1NC(=O)C(C)CCCN. The van der Waals surface area contributed by atoms with Gasteiger partial charge in [0.2, 0.25) is 5.91 Å². The van der Waals surface area contributed by atoms with E-state index in [1.54, 1.807) is 4.68 Å². The molecule has 0 saturated heterocycles. The van der Waals surface area contributed by atoms with Gasteiger partial charge in [-0.3, -0.25) is 9.48 Å². The number of carbonyl (C=O) groups excluding carboxylic acids is 1. The molecule has 17 heavy (non-hydrogen) atoms. The highest BCUT2D eigenvalue weighted by molar-refractivity contribution is 5.93. The van der Waals surface area contributed by atoms with Gasteiger partial charge < -0.3 is 11.1 Å². The molecule has 5 nitrogen and oxygen atoms in total. The fourth-order valence-electron chi connectivity index (χ4n) is 1.76. The van der Waals surface area contributed by atoms with Crippen LogP contribution in [0.4, 0.5) is 5.69 Å². The van der Waals surface area contributed by atoms with Crippen LogP contribution in [0.1, 0.15) is 31.2 Å². The zero-order chi connectivity index (χ0) is 13.0. The Balaban J connectivity index is 2.67. The fourth-order valence-corrected chi connectivity index (χ4v) is 1.76. The van der Waals surface area contributed by atoms with Gasteiger partial charge in [0.25, 0.3) is 0 Å². The van der Waals surface area contributed by atoms with E-state index in [-0.39, 0.29) is 11.8 Å². The van der Waals surface area contributed by atoms with Crippen molar-refractivity contribution in [1.82, 2.24) is 9.78 Å². The van der Waals surface area contributed by atoms with Crippen molar-refractivity contribution in [3.8, 4) is 0 Å². The normalized spacial score (nSPS) is 12.5. The van der Waals surface area contributed by atoms with Crippen molar-refractivity contribution in [2.24, 2.45) is 18.7 Å². The van der Waals surface area contributed by atoms with Crippen LogP contribution in [0.15, 0.2) is 0 Å². The maximum absolute atomic E-state index is 11.9. The lowest BCUT2D eigenvalue weighted by atomic mass is 10.0. The standard InChI is InChI=1S/C12H22N4O/c1-8(6-5-7-13)12(17)14-11-9(2)15-16(4)10(11)3/h8H,5-7,13H2,1-4H3,(H,14,17). The number of rotatable bonds is 5. The van der Waals surface area contributed by atoms with Gasteiger partial charge in [0.05, 0.1) is 17.1 Å². The Bertz CT molecular complexity index is 397. The number of anilines is 1. The molecule has 0 aliphatic carbocycles. The minimum absolute atomic E-state index is 0.0162. The van der Waals surface area contributed by atoms with E-state index in [4.69, 9.17) is 5.73 Å². The summed E-state index contributed by atoms with van der Waals surface area (Å²) in [5, 5.41) is 7.21. The van der Waals surface area contributed by atoms with Crippen molar-refractivity contribution in [1.29, 1.82) is 0 Å². The van der Waals surface area contributed by atoms with Crippen LogP contribution in [0.5, 0.6) is 0 Å². The van der Waals surface area contributed by atoms with Crippen LogP contribution in [0, 0.1) is 19.8 Å². The fraction of sp³-hybridized carbons (Fsp3) is 0.667. The summed E-state index contributed by atoms with van der Waals surface area (Å²) in [5.74, 6) is 0.0233. The first-order valence-electron chi connectivity index (χ1n) is 5.98. The number of hydrogen-bond acceptors (Lipinski definition) is 3. The minimum atomic E-state index is -0.0162. The molecule has 0 fully saturated rings. The highest BCUT2D eigenvalue weighted by Gasteiger charge is 2.16. The summed E-state index contributed by atoms with van der Waals surface area (Å²) in [4.78, 5) is 11.9. The zero-order valence-corrected chi connectivity index (χ0v) is 11.1. The Morgan fingerprint density at radius 2 is 2.18 bits per heavy atom. The van der Waals surface area contributed by atoms with Gasteiger partial charge in [0, 0.05) is 13.0 Å². The number of amides is 1. The van der Waals surface area contributed by atoms with Gasteiger partial charge in [-0.2, -0.15) is 5.10 Å². The number of aryl methyl sites for hydroxylation is 2. The van der Waals surface area contributed by atoms with E-state index in [9.17, 15) is 4.79 Å². The molecule has 1 rings (SSSR count). The molecule has 1 amide bonds. The van der Waals surface area contributed by atoms with Gasteiger partial charge in [-0.15, -0.1) is 0 Å². The first-order valence-corrected chi connectivity index (χ1v) is 5.98. The predicted octanol–water partition coefficient (Wildman–Crippen LogP) is 1.35. The molecule has 1 aromatic heterocycles. The van der Waals surface area contributed by atoms with Crippen molar-refractivity contribution in [3.05, 3.63) is 11.4 Å². The number of aromatic nitrogens is 2. The largest absolute Gasteiger partial charge is 0.330 e. The monoisotopic (exact) mass is 238 g/mol. The van der Waals surface area contributed by atoms with Crippen molar-refractivity contribution in [3.63, 3.8) is 0 Å². The Morgan fingerprint density at radius 3 is 2.65 bits per heavy atom. The number of nitrogens with zero attached hydrogens (tertiary/aromatic N) is 2. The third-order valence-corrected chi connectivity index (χ3v) is 3.05. The van der Waals surface area contributed by atoms with Crippen molar-refractivity contribution in [2.45, 2.75) is 33.6 Å². The van der Waals surface area contributed by atoms with Gasteiger partial charge >= 0.3 is 0 Å². The molecule has 0 saturated carbocycles. The third kappa shape index (κ3) is 3.30. The molecular formula is C12H22N4O. The summed E-state index contributed by atoms with van der Waals surface area (Å²) in [6.45, 7) is 6.39. The maximum atomic E-state index is 11.9. The highest BCUT2D eigenvalue weighted by Crippen LogP contribution is 2.19. The lowest BCUT2D eigenvalue weighted by Crippen LogP contribution is -2.21. The van der Waals surface area contributed by atoms with Crippen LogP contribution in [0.25, 0.3) is 0 Å². The van der Waals surface area contributed by atoms with Gasteiger partial charge in [0.15, 0.2) is 0 Å². The summed E-state index contributed by atoms with van der Waals surface area (Å²) >= 11 is 0. The first kappa shape index (κ1) is 13.7. The summed E-state index contributed by atoms with van der Waals surface area (Å²) in [6, 6.07) is 0. The van der Waals surface area contributed by atoms with E-state index in [2.05, 4.69) is 10.4 Å². The second-order valence-corrected chi connectivity index (χ2v) is 4.49. The van der Waals surface area contributed by atoms with Crippen LogP contribution >= 0.6 is 0 Å². The molecular weight excluding hydrogens is 216 g/mol. The van der Waals surface area contributed by atoms with Crippen molar-refractivity contribution >= 4 is 11.6 Å². The summed E-state index contributed by atoms with van der Waals surface area (Å²) in [5.41, 5.74) is 8.09. The summed E-state index contributed by atoms with van der Waals surface area (Å²) < 4.78 is 1.77. The molecule has 1 atom stereocenters.